The maximum atomic E-state index is 12.5. The number of carbonyl (C=O) groups excluding carboxylic acids is 4. The molecule has 2 amide bonds. The first-order valence-corrected chi connectivity index (χ1v) is 11.4. The number of hydrogen-bond acceptors (Lipinski definition) is 10. The molecule has 3 rings (SSSR count). The fourth-order valence-corrected chi connectivity index (χ4v) is 5.15. The van der Waals surface area contributed by atoms with Crippen LogP contribution < -0.4 is 0 Å². The number of esters is 2. The third-order valence-electron chi connectivity index (χ3n) is 4.35. The van der Waals surface area contributed by atoms with E-state index in [1.54, 1.807) is 0 Å². The summed E-state index contributed by atoms with van der Waals surface area (Å²) in [4.78, 5) is 51.1. The number of rotatable bonds is 6. The third kappa shape index (κ3) is 5.44. The SMILES string of the molecule is COC(=O)/C=C1\SC(=S)N(Cc2ccc(CN3C(=O)/C(=C/C(=O)OC)SC3=S)cc2)C1=O. The van der Waals surface area contributed by atoms with Crippen molar-refractivity contribution < 1.29 is 28.7 Å². The van der Waals surface area contributed by atoms with Crippen LogP contribution >= 0.6 is 48.0 Å². The fourth-order valence-electron chi connectivity index (χ4n) is 2.72. The summed E-state index contributed by atoms with van der Waals surface area (Å²) in [5, 5.41) is 0. The van der Waals surface area contributed by atoms with Gasteiger partial charge in [-0.2, -0.15) is 0 Å². The van der Waals surface area contributed by atoms with Crippen LogP contribution in [0.15, 0.2) is 46.2 Å². The molecule has 0 aromatic heterocycles. The maximum absolute atomic E-state index is 12.5. The Morgan fingerprint density at radius 1 is 0.812 bits per heavy atom. The summed E-state index contributed by atoms with van der Waals surface area (Å²) in [6.07, 6.45) is 2.25. The summed E-state index contributed by atoms with van der Waals surface area (Å²) < 4.78 is 9.81. The Bertz CT molecular complexity index is 995. The van der Waals surface area contributed by atoms with Crippen molar-refractivity contribution in [3.05, 3.63) is 57.4 Å². The van der Waals surface area contributed by atoms with Crippen LogP contribution in [0.1, 0.15) is 11.1 Å². The molecule has 1 aromatic carbocycles. The minimum Gasteiger partial charge on any atom is -0.466 e. The van der Waals surface area contributed by atoms with Gasteiger partial charge in [0.2, 0.25) is 0 Å². The molecule has 32 heavy (non-hydrogen) atoms. The van der Waals surface area contributed by atoms with Gasteiger partial charge in [-0.1, -0.05) is 72.2 Å². The largest absolute Gasteiger partial charge is 0.466 e. The number of methoxy groups -OCH3 is 2. The normalized spacial score (nSPS) is 18.8. The molecule has 2 saturated heterocycles. The van der Waals surface area contributed by atoms with Gasteiger partial charge in [-0.3, -0.25) is 19.4 Å². The first-order chi connectivity index (χ1) is 15.2. The molecule has 2 heterocycles. The Morgan fingerprint density at radius 3 is 1.47 bits per heavy atom. The minimum absolute atomic E-state index is 0.216. The molecule has 2 fully saturated rings. The van der Waals surface area contributed by atoms with Crippen molar-refractivity contribution in [3.8, 4) is 0 Å². The topological polar surface area (TPSA) is 93.2 Å². The van der Waals surface area contributed by atoms with E-state index in [0.29, 0.717) is 8.64 Å². The predicted octanol–water partition coefficient (Wildman–Crippen LogP) is 2.52. The first kappa shape index (κ1) is 24.1. The van der Waals surface area contributed by atoms with Crippen molar-refractivity contribution in [2.24, 2.45) is 0 Å². The van der Waals surface area contributed by atoms with Crippen LogP contribution in [0, 0.1) is 0 Å². The molecule has 0 spiro atoms. The quantitative estimate of drug-likeness (QED) is 0.324. The van der Waals surface area contributed by atoms with Crippen LogP contribution in [-0.2, 0) is 41.7 Å². The second-order valence-corrected chi connectivity index (χ2v) is 9.75. The summed E-state index contributed by atoms with van der Waals surface area (Å²) in [5.74, 6) is -1.95. The smallest absolute Gasteiger partial charge is 0.331 e. The minimum atomic E-state index is -0.619. The Labute approximate surface area is 203 Å². The average molecular weight is 509 g/mol. The number of thioether (sulfide) groups is 2. The van der Waals surface area contributed by atoms with E-state index in [-0.39, 0.29) is 34.7 Å². The van der Waals surface area contributed by atoms with Crippen molar-refractivity contribution in [3.63, 3.8) is 0 Å². The van der Waals surface area contributed by atoms with Crippen molar-refractivity contribution in [1.29, 1.82) is 0 Å². The van der Waals surface area contributed by atoms with E-state index in [0.717, 1.165) is 46.8 Å². The molecular formula is C20H16N2O6S4. The van der Waals surface area contributed by atoms with Gasteiger partial charge < -0.3 is 9.47 Å². The third-order valence-corrected chi connectivity index (χ3v) is 7.11. The van der Waals surface area contributed by atoms with Crippen molar-refractivity contribution >= 4 is 80.4 Å². The van der Waals surface area contributed by atoms with Gasteiger partial charge in [0.05, 0.1) is 37.1 Å². The molecule has 166 valence electrons. The summed E-state index contributed by atoms with van der Waals surface area (Å²) in [6.45, 7) is 0.485. The molecule has 0 aliphatic carbocycles. The molecule has 2 aliphatic rings. The molecule has 0 N–H and O–H groups in total. The zero-order chi connectivity index (χ0) is 23.4. The number of carbonyl (C=O) groups is 4. The lowest BCUT2D eigenvalue weighted by Gasteiger charge is -2.16. The molecule has 1 aromatic rings. The summed E-state index contributed by atoms with van der Waals surface area (Å²) in [5.41, 5.74) is 1.64. The number of ether oxygens (including phenoxy) is 2. The summed E-state index contributed by atoms with van der Waals surface area (Å²) in [6, 6.07) is 7.28. The van der Waals surface area contributed by atoms with Crippen LogP contribution in [-0.4, -0.2) is 56.4 Å². The number of nitrogens with zero attached hydrogens (tertiary/aromatic N) is 2. The Balaban J connectivity index is 1.66. The van der Waals surface area contributed by atoms with E-state index in [9.17, 15) is 19.2 Å². The lowest BCUT2D eigenvalue weighted by atomic mass is 10.1. The van der Waals surface area contributed by atoms with Gasteiger partial charge in [-0.25, -0.2) is 9.59 Å². The van der Waals surface area contributed by atoms with E-state index >= 15 is 0 Å². The van der Waals surface area contributed by atoms with Crippen LogP contribution in [0.25, 0.3) is 0 Å². The molecule has 8 nitrogen and oxygen atoms in total. The van der Waals surface area contributed by atoms with E-state index in [4.69, 9.17) is 24.4 Å². The molecule has 2 aliphatic heterocycles. The number of hydrogen-bond donors (Lipinski definition) is 0. The van der Waals surface area contributed by atoms with Crippen molar-refractivity contribution in [2.75, 3.05) is 14.2 Å². The lowest BCUT2D eigenvalue weighted by molar-refractivity contribution is -0.135. The Hall–Kier alpha value is -2.54. The molecule has 0 radical (unpaired) electrons. The predicted molar refractivity (Wildman–Crippen MR) is 128 cm³/mol. The highest BCUT2D eigenvalue weighted by molar-refractivity contribution is 8.27. The van der Waals surface area contributed by atoms with E-state index in [1.807, 2.05) is 24.3 Å². The van der Waals surface area contributed by atoms with Gasteiger partial charge >= 0.3 is 11.9 Å². The molecular weight excluding hydrogens is 492 g/mol. The zero-order valence-electron chi connectivity index (χ0n) is 16.9. The second-order valence-electron chi connectivity index (χ2n) is 6.40. The van der Waals surface area contributed by atoms with Gasteiger partial charge in [0, 0.05) is 12.2 Å². The number of amides is 2. The van der Waals surface area contributed by atoms with Crippen molar-refractivity contribution in [1.82, 2.24) is 9.80 Å². The van der Waals surface area contributed by atoms with Crippen LogP contribution in [0.3, 0.4) is 0 Å². The molecule has 0 atom stereocenters. The van der Waals surface area contributed by atoms with E-state index in [2.05, 4.69) is 9.47 Å². The Kier molecular flexibility index (Phi) is 7.82. The van der Waals surface area contributed by atoms with Gasteiger partial charge in [0.1, 0.15) is 8.64 Å². The Morgan fingerprint density at radius 2 is 1.16 bits per heavy atom. The first-order valence-electron chi connectivity index (χ1n) is 8.98. The van der Waals surface area contributed by atoms with E-state index < -0.39 is 11.9 Å². The lowest BCUT2D eigenvalue weighted by Crippen LogP contribution is -2.28. The summed E-state index contributed by atoms with van der Waals surface area (Å²) >= 11 is 12.6. The zero-order valence-corrected chi connectivity index (χ0v) is 20.1. The van der Waals surface area contributed by atoms with Crippen LogP contribution in [0.5, 0.6) is 0 Å². The second kappa shape index (κ2) is 10.4. The van der Waals surface area contributed by atoms with Crippen molar-refractivity contribution in [2.45, 2.75) is 13.1 Å². The van der Waals surface area contributed by atoms with Gasteiger partial charge in [0.25, 0.3) is 11.8 Å². The highest BCUT2D eigenvalue weighted by Gasteiger charge is 2.34. The summed E-state index contributed by atoms with van der Waals surface area (Å²) in [7, 11) is 2.47. The highest BCUT2D eigenvalue weighted by Crippen LogP contribution is 2.33. The monoisotopic (exact) mass is 508 g/mol. The standard InChI is InChI=1S/C20H16N2O6S4/c1-27-15(23)7-13-17(25)21(19(29)31-13)9-11-3-5-12(6-4-11)10-22-18(26)14(32-20(22)30)8-16(24)28-2/h3-8H,9-10H2,1-2H3/b13-7-,14-8-. The molecule has 0 bridgehead atoms. The maximum Gasteiger partial charge on any atom is 0.331 e. The van der Waals surface area contributed by atoms with E-state index in [1.165, 1.54) is 24.0 Å². The number of thiocarbonyl (C=S) groups is 2. The molecule has 0 saturated carbocycles. The molecule has 12 heteroatoms. The number of benzene rings is 1. The van der Waals surface area contributed by atoms with Crippen LogP contribution in [0.2, 0.25) is 0 Å². The van der Waals surface area contributed by atoms with Crippen LogP contribution in [0.4, 0.5) is 0 Å². The highest BCUT2D eigenvalue weighted by atomic mass is 32.2. The van der Waals surface area contributed by atoms with Gasteiger partial charge in [-0.15, -0.1) is 0 Å². The van der Waals surface area contributed by atoms with Gasteiger partial charge in [0.15, 0.2) is 0 Å². The molecule has 0 unspecified atom stereocenters. The van der Waals surface area contributed by atoms with Gasteiger partial charge in [-0.05, 0) is 11.1 Å². The average Bonchev–Trinajstić information content (AvgIpc) is 3.18. The fraction of sp³-hybridized carbons (Fsp3) is 0.200.